The van der Waals surface area contributed by atoms with Crippen LogP contribution in [0.3, 0.4) is 0 Å². The standard InChI is InChI=1S/C10H16N4O4S/c15-10(16)9-7-14(13-12-9)6-5-11-19(17,18)8-3-1-2-4-8/h7-8,11H,1-6H2,(H,15,16). The molecule has 0 amide bonds. The summed E-state index contributed by atoms with van der Waals surface area (Å²) in [6, 6.07) is 0. The number of hydrogen-bond donors (Lipinski definition) is 2. The summed E-state index contributed by atoms with van der Waals surface area (Å²) in [5.41, 5.74) is -0.154. The lowest BCUT2D eigenvalue weighted by Gasteiger charge is -2.11. The summed E-state index contributed by atoms with van der Waals surface area (Å²) >= 11 is 0. The molecule has 0 unspecified atom stereocenters. The third kappa shape index (κ3) is 3.51. The van der Waals surface area contributed by atoms with Gasteiger partial charge < -0.3 is 5.11 Å². The van der Waals surface area contributed by atoms with E-state index < -0.39 is 16.0 Å². The van der Waals surface area contributed by atoms with Gasteiger partial charge in [-0.25, -0.2) is 17.9 Å². The Bertz CT molecular complexity index is 548. The minimum absolute atomic E-state index is 0.154. The zero-order valence-electron chi connectivity index (χ0n) is 10.3. The minimum atomic E-state index is -3.27. The molecule has 1 aliphatic rings. The number of carboxylic acid groups (broad SMARTS) is 1. The molecule has 0 bridgehead atoms. The molecule has 1 saturated carbocycles. The molecule has 0 saturated heterocycles. The van der Waals surface area contributed by atoms with Crippen molar-refractivity contribution in [3.63, 3.8) is 0 Å². The van der Waals surface area contributed by atoms with Gasteiger partial charge in [0.1, 0.15) is 0 Å². The molecular formula is C10H16N4O4S. The van der Waals surface area contributed by atoms with Gasteiger partial charge in [0.15, 0.2) is 5.69 Å². The van der Waals surface area contributed by atoms with Crippen molar-refractivity contribution in [2.75, 3.05) is 6.54 Å². The average molecular weight is 288 g/mol. The predicted molar refractivity (Wildman–Crippen MR) is 66.2 cm³/mol. The van der Waals surface area contributed by atoms with Gasteiger partial charge in [0.2, 0.25) is 10.0 Å². The lowest BCUT2D eigenvalue weighted by molar-refractivity contribution is 0.0690. The molecule has 0 spiro atoms. The van der Waals surface area contributed by atoms with E-state index >= 15 is 0 Å². The first-order valence-electron chi connectivity index (χ1n) is 6.11. The molecule has 0 atom stereocenters. The summed E-state index contributed by atoms with van der Waals surface area (Å²) in [7, 11) is -3.27. The Hall–Kier alpha value is -1.48. The molecule has 8 nitrogen and oxygen atoms in total. The van der Waals surface area contributed by atoms with Crippen LogP contribution < -0.4 is 4.72 Å². The first-order valence-corrected chi connectivity index (χ1v) is 7.65. The number of sulfonamides is 1. The normalized spacial score (nSPS) is 16.8. The van der Waals surface area contributed by atoms with Crippen molar-refractivity contribution < 1.29 is 18.3 Å². The highest BCUT2D eigenvalue weighted by atomic mass is 32.2. The van der Waals surface area contributed by atoms with Crippen LogP contribution in [-0.2, 0) is 16.6 Å². The molecule has 106 valence electrons. The highest BCUT2D eigenvalue weighted by Crippen LogP contribution is 2.23. The van der Waals surface area contributed by atoms with Gasteiger partial charge in [-0.2, -0.15) is 0 Å². The van der Waals surface area contributed by atoms with Gasteiger partial charge in [-0.05, 0) is 12.8 Å². The summed E-state index contributed by atoms with van der Waals surface area (Å²) in [6.07, 6.45) is 4.60. The van der Waals surface area contributed by atoms with E-state index in [1.165, 1.54) is 10.9 Å². The van der Waals surface area contributed by atoms with Gasteiger partial charge in [-0.15, -0.1) is 5.10 Å². The van der Waals surface area contributed by atoms with Crippen LogP contribution in [-0.4, -0.2) is 46.3 Å². The SMILES string of the molecule is O=C(O)c1cn(CCNS(=O)(=O)C2CCCC2)nn1. The van der Waals surface area contributed by atoms with E-state index in [0.29, 0.717) is 12.8 Å². The van der Waals surface area contributed by atoms with Crippen molar-refractivity contribution in [2.24, 2.45) is 0 Å². The first kappa shape index (κ1) is 13.9. The largest absolute Gasteiger partial charge is 0.476 e. The summed E-state index contributed by atoms with van der Waals surface area (Å²) in [4.78, 5) is 10.6. The van der Waals surface area contributed by atoms with Crippen molar-refractivity contribution in [1.29, 1.82) is 0 Å². The highest BCUT2D eigenvalue weighted by Gasteiger charge is 2.27. The molecule has 0 aromatic carbocycles. The van der Waals surface area contributed by atoms with Crippen LogP contribution in [0.2, 0.25) is 0 Å². The topological polar surface area (TPSA) is 114 Å². The third-order valence-corrected chi connectivity index (χ3v) is 5.10. The van der Waals surface area contributed by atoms with E-state index in [0.717, 1.165) is 12.8 Å². The first-order chi connectivity index (χ1) is 8.99. The van der Waals surface area contributed by atoms with E-state index in [9.17, 15) is 13.2 Å². The Morgan fingerprint density at radius 2 is 2.16 bits per heavy atom. The summed E-state index contributed by atoms with van der Waals surface area (Å²) in [5.74, 6) is -1.15. The van der Waals surface area contributed by atoms with E-state index in [1.807, 2.05) is 0 Å². The maximum atomic E-state index is 11.9. The molecule has 1 aliphatic carbocycles. The second-order valence-electron chi connectivity index (χ2n) is 4.52. The highest BCUT2D eigenvalue weighted by molar-refractivity contribution is 7.90. The maximum absolute atomic E-state index is 11.9. The molecule has 1 fully saturated rings. The number of aromatic nitrogens is 3. The van der Waals surface area contributed by atoms with Crippen LogP contribution in [0, 0.1) is 0 Å². The van der Waals surface area contributed by atoms with Crippen LogP contribution in [0.5, 0.6) is 0 Å². The Balaban J connectivity index is 1.83. The Labute approximate surface area is 110 Å². The molecule has 0 aliphatic heterocycles. The van der Waals surface area contributed by atoms with Crippen molar-refractivity contribution in [2.45, 2.75) is 37.5 Å². The van der Waals surface area contributed by atoms with Crippen LogP contribution in [0.4, 0.5) is 0 Å². The van der Waals surface area contributed by atoms with E-state index in [2.05, 4.69) is 15.0 Å². The van der Waals surface area contributed by atoms with Gasteiger partial charge >= 0.3 is 5.97 Å². The molecular weight excluding hydrogens is 272 g/mol. The molecule has 19 heavy (non-hydrogen) atoms. The lowest BCUT2D eigenvalue weighted by atomic mass is 10.4. The fourth-order valence-corrected chi connectivity index (χ4v) is 3.69. The van der Waals surface area contributed by atoms with Crippen LogP contribution in [0.15, 0.2) is 6.20 Å². The molecule has 2 N–H and O–H groups in total. The molecule has 2 rings (SSSR count). The number of rotatable bonds is 6. The summed E-state index contributed by atoms with van der Waals surface area (Å²) in [6.45, 7) is 0.438. The monoisotopic (exact) mass is 288 g/mol. The van der Waals surface area contributed by atoms with Crippen molar-refractivity contribution in [3.05, 3.63) is 11.9 Å². The minimum Gasteiger partial charge on any atom is -0.476 e. The van der Waals surface area contributed by atoms with E-state index in [1.54, 1.807) is 0 Å². The zero-order chi connectivity index (χ0) is 13.9. The van der Waals surface area contributed by atoms with E-state index in [4.69, 9.17) is 5.11 Å². The predicted octanol–water partition coefficient (Wildman–Crippen LogP) is -0.162. The van der Waals surface area contributed by atoms with Gasteiger partial charge in [-0.3, -0.25) is 4.68 Å². The van der Waals surface area contributed by atoms with Crippen LogP contribution >= 0.6 is 0 Å². The quantitative estimate of drug-likeness (QED) is 0.751. The average Bonchev–Trinajstić information content (AvgIpc) is 3.00. The molecule has 0 radical (unpaired) electrons. The van der Waals surface area contributed by atoms with Crippen LogP contribution in [0.25, 0.3) is 0 Å². The van der Waals surface area contributed by atoms with Crippen LogP contribution in [0.1, 0.15) is 36.2 Å². The lowest BCUT2D eigenvalue weighted by Crippen LogP contribution is -2.34. The fourth-order valence-electron chi connectivity index (χ4n) is 2.12. The van der Waals surface area contributed by atoms with Gasteiger partial charge in [0.05, 0.1) is 18.0 Å². The number of carboxylic acids is 1. The summed E-state index contributed by atoms with van der Waals surface area (Å²) in [5, 5.41) is 15.4. The fraction of sp³-hybridized carbons (Fsp3) is 0.700. The van der Waals surface area contributed by atoms with Crippen molar-refractivity contribution in [1.82, 2.24) is 19.7 Å². The van der Waals surface area contributed by atoms with Gasteiger partial charge in [0, 0.05) is 6.54 Å². The molecule has 1 heterocycles. The Morgan fingerprint density at radius 3 is 2.74 bits per heavy atom. The number of aromatic carboxylic acids is 1. The molecule has 1 aromatic heterocycles. The van der Waals surface area contributed by atoms with Gasteiger partial charge in [0.25, 0.3) is 0 Å². The Morgan fingerprint density at radius 1 is 1.47 bits per heavy atom. The Kier molecular flexibility index (Phi) is 4.15. The maximum Gasteiger partial charge on any atom is 0.358 e. The number of nitrogens with one attached hydrogen (secondary N) is 1. The smallest absolute Gasteiger partial charge is 0.358 e. The number of carbonyl (C=O) groups is 1. The second-order valence-corrected chi connectivity index (χ2v) is 6.56. The summed E-state index contributed by atoms with van der Waals surface area (Å²) < 4.78 is 27.6. The molecule has 1 aromatic rings. The number of nitrogens with zero attached hydrogens (tertiary/aromatic N) is 3. The molecule has 9 heteroatoms. The van der Waals surface area contributed by atoms with Crippen molar-refractivity contribution in [3.8, 4) is 0 Å². The third-order valence-electron chi connectivity index (χ3n) is 3.14. The van der Waals surface area contributed by atoms with Crippen molar-refractivity contribution >= 4 is 16.0 Å². The van der Waals surface area contributed by atoms with E-state index in [-0.39, 0.29) is 24.0 Å². The zero-order valence-corrected chi connectivity index (χ0v) is 11.1. The van der Waals surface area contributed by atoms with Gasteiger partial charge in [-0.1, -0.05) is 18.1 Å². The number of hydrogen-bond acceptors (Lipinski definition) is 5. The second kappa shape index (κ2) is 5.66.